The van der Waals surface area contributed by atoms with Crippen molar-refractivity contribution in [3.63, 3.8) is 0 Å². The van der Waals surface area contributed by atoms with Gasteiger partial charge in [0.1, 0.15) is 5.75 Å². The lowest BCUT2D eigenvalue weighted by Gasteiger charge is -2.30. The third-order valence-corrected chi connectivity index (χ3v) is 7.44. The minimum absolute atomic E-state index is 0.0387. The topological polar surface area (TPSA) is 75.7 Å². The zero-order valence-electron chi connectivity index (χ0n) is 18.1. The summed E-state index contributed by atoms with van der Waals surface area (Å²) in [5.74, 6) is 0.411. The summed E-state index contributed by atoms with van der Waals surface area (Å²) in [4.78, 5) is 13.0. The van der Waals surface area contributed by atoms with E-state index >= 15 is 0 Å². The smallest absolute Gasteiger partial charge is 0.243 e. The fraction of sp³-hybridized carbons (Fsp3) is 0.435. The molecule has 1 N–H and O–H groups in total. The second-order valence-electron chi connectivity index (χ2n) is 7.85. The third-order valence-electron chi connectivity index (χ3n) is 5.52. The number of carbonyl (C=O) groups excluding carboxylic acids is 1. The lowest BCUT2D eigenvalue weighted by molar-refractivity contribution is -0.120. The summed E-state index contributed by atoms with van der Waals surface area (Å²) in [6, 6.07) is 10.6. The number of nitrogens with zero attached hydrogens (tertiary/aromatic N) is 1. The lowest BCUT2D eigenvalue weighted by atomic mass is 9.96. The average molecular weight is 431 g/mol. The van der Waals surface area contributed by atoms with Crippen molar-refractivity contribution in [3.05, 3.63) is 53.1 Å². The monoisotopic (exact) mass is 430 g/mol. The fourth-order valence-corrected chi connectivity index (χ4v) is 5.45. The minimum Gasteiger partial charge on any atom is -0.494 e. The molecule has 0 saturated carbocycles. The number of nitrogens with one attached hydrogen (secondary N) is 1. The Morgan fingerprint density at radius 1 is 1.07 bits per heavy atom. The van der Waals surface area contributed by atoms with Crippen molar-refractivity contribution in [1.29, 1.82) is 0 Å². The summed E-state index contributed by atoms with van der Waals surface area (Å²) >= 11 is 0. The van der Waals surface area contributed by atoms with E-state index in [1.165, 1.54) is 4.31 Å². The SMILES string of the molecule is CCOc1ccc(S(=O)(=O)N2CCC(C(=O)Nc3c(C)cc(C)cc3C)CC2)cc1. The number of anilines is 1. The Labute approximate surface area is 179 Å². The molecule has 3 rings (SSSR count). The molecule has 2 aromatic rings. The van der Waals surface area contributed by atoms with Crippen LogP contribution in [0.3, 0.4) is 0 Å². The van der Waals surface area contributed by atoms with Gasteiger partial charge in [-0.15, -0.1) is 0 Å². The van der Waals surface area contributed by atoms with Gasteiger partial charge >= 0.3 is 0 Å². The highest BCUT2D eigenvalue weighted by atomic mass is 32.2. The number of piperidine rings is 1. The van der Waals surface area contributed by atoms with Gasteiger partial charge in [-0.05, 0) is 75.9 Å². The van der Waals surface area contributed by atoms with Crippen LogP contribution in [0, 0.1) is 26.7 Å². The molecule has 0 bridgehead atoms. The second-order valence-corrected chi connectivity index (χ2v) is 9.78. The highest BCUT2D eigenvalue weighted by molar-refractivity contribution is 7.89. The molecule has 0 aromatic heterocycles. The van der Waals surface area contributed by atoms with E-state index < -0.39 is 10.0 Å². The minimum atomic E-state index is -3.57. The molecule has 162 valence electrons. The van der Waals surface area contributed by atoms with Crippen molar-refractivity contribution in [2.75, 3.05) is 25.0 Å². The molecule has 0 radical (unpaired) electrons. The normalized spacial score (nSPS) is 15.7. The second kappa shape index (κ2) is 9.18. The van der Waals surface area contributed by atoms with E-state index in [-0.39, 0.29) is 16.7 Å². The maximum absolute atomic E-state index is 12.9. The number of hydrogen-bond acceptors (Lipinski definition) is 4. The summed E-state index contributed by atoms with van der Waals surface area (Å²) in [7, 11) is -3.57. The average Bonchev–Trinajstić information content (AvgIpc) is 2.71. The predicted octanol–water partition coefficient (Wildman–Crippen LogP) is 4.05. The standard InChI is InChI=1S/C23H30N2O4S/c1-5-29-20-6-8-21(9-7-20)30(27,28)25-12-10-19(11-13-25)23(26)24-22-17(3)14-16(2)15-18(22)4/h6-9,14-15,19H,5,10-13H2,1-4H3,(H,24,26). The van der Waals surface area contributed by atoms with Crippen LogP contribution in [-0.4, -0.2) is 38.3 Å². The summed E-state index contributed by atoms with van der Waals surface area (Å²) in [6.07, 6.45) is 1.01. The first-order valence-corrected chi connectivity index (χ1v) is 11.8. The molecule has 0 unspecified atom stereocenters. The molecule has 1 heterocycles. The zero-order valence-corrected chi connectivity index (χ0v) is 18.9. The molecular formula is C23H30N2O4S. The number of benzene rings is 2. The number of hydrogen-bond donors (Lipinski definition) is 1. The van der Waals surface area contributed by atoms with Crippen LogP contribution in [0.25, 0.3) is 0 Å². The van der Waals surface area contributed by atoms with E-state index in [4.69, 9.17) is 4.74 Å². The quantitative estimate of drug-likeness (QED) is 0.750. The number of rotatable bonds is 6. The van der Waals surface area contributed by atoms with Crippen molar-refractivity contribution in [1.82, 2.24) is 4.31 Å². The van der Waals surface area contributed by atoms with Crippen LogP contribution in [0.1, 0.15) is 36.5 Å². The van der Waals surface area contributed by atoms with E-state index in [9.17, 15) is 13.2 Å². The van der Waals surface area contributed by atoms with Crippen LogP contribution in [0.2, 0.25) is 0 Å². The third kappa shape index (κ3) is 4.84. The number of carbonyl (C=O) groups is 1. The zero-order chi connectivity index (χ0) is 21.9. The van der Waals surface area contributed by atoms with E-state index in [0.717, 1.165) is 22.4 Å². The first kappa shape index (κ1) is 22.3. The van der Waals surface area contributed by atoms with Gasteiger partial charge in [0.2, 0.25) is 15.9 Å². The molecule has 30 heavy (non-hydrogen) atoms. The van der Waals surface area contributed by atoms with E-state index in [0.29, 0.717) is 38.3 Å². The van der Waals surface area contributed by atoms with Gasteiger partial charge in [-0.3, -0.25) is 4.79 Å². The molecule has 2 aromatic carbocycles. The van der Waals surface area contributed by atoms with Gasteiger partial charge in [0, 0.05) is 24.7 Å². The van der Waals surface area contributed by atoms with Gasteiger partial charge in [0.15, 0.2) is 0 Å². The van der Waals surface area contributed by atoms with E-state index in [2.05, 4.69) is 17.4 Å². The summed E-state index contributed by atoms with van der Waals surface area (Å²) in [5.41, 5.74) is 4.10. The first-order valence-electron chi connectivity index (χ1n) is 10.3. The molecule has 1 aliphatic rings. The Morgan fingerprint density at radius 2 is 1.63 bits per heavy atom. The van der Waals surface area contributed by atoms with E-state index in [1.807, 2.05) is 27.7 Å². The molecule has 6 nitrogen and oxygen atoms in total. The van der Waals surface area contributed by atoms with Crippen molar-refractivity contribution in [3.8, 4) is 5.75 Å². The fourth-order valence-electron chi connectivity index (χ4n) is 3.98. The van der Waals surface area contributed by atoms with Gasteiger partial charge < -0.3 is 10.1 Å². The Hall–Kier alpha value is -2.38. The van der Waals surface area contributed by atoms with Crippen LogP contribution in [0.15, 0.2) is 41.3 Å². The molecule has 7 heteroatoms. The Kier molecular flexibility index (Phi) is 6.83. The first-order chi connectivity index (χ1) is 14.2. The maximum Gasteiger partial charge on any atom is 0.243 e. The van der Waals surface area contributed by atoms with Crippen LogP contribution in [0.5, 0.6) is 5.75 Å². The summed E-state index contributed by atoms with van der Waals surface area (Å²) in [6.45, 7) is 9.09. The Balaban J connectivity index is 1.63. The van der Waals surface area contributed by atoms with Crippen LogP contribution < -0.4 is 10.1 Å². The van der Waals surface area contributed by atoms with E-state index in [1.54, 1.807) is 24.3 Å². The maximum atomic E-state index is 12.9. The van der Waals surface area contributed by atoms with Gasteiger partial charge in [0.25, 0.3) is 0 Å². The van der Waals surface area contributed by atoms with Crippen molar-refractivity contribution < 1.29 is 17.9 Å². The van der Waals surface area contributed by atoms with Crippen LogP contribution in [-0.2, 0) is 14.8 Å². The van der Waals surface area contributed by atoms with Crippen molar-refractivity contribution in [2.45, 2.75) is 45.4 Å². The number of ether oxygens (including phenoxy) is 1. The molecule has 0 aliphatic carbocycles. The molecule has 1 fully saturated rings. The van der Waals surface area contributed by atoms with Crippen LogP contribution in [0.4, 0.5) is 5.69 Å². The largest absolute Gasteiger partial charge is 0.494 e. The Morgan fingerprint density at radius 3 is 2.17 bits per heavy atom. The summed E-state index contributed by atoms with van der Waals surface area (Å²) < 4.78 is 32.7. The van der Waals surface area contributed by atoms with Crippen molar-refractivity contribution >= 4 is 21.6 Å². The molecular weight excluding hydrogens is 400 g/mol. The number of aryl methyl sites for hydroxylation is 3. The lowest BCUT2D eigenvalue weighted by Crippen LogP contribution is -2.41. The molecule has 0 spiro atoms. The van der Waals surface area contributed by atoms with Gasteiger partial charge in [-0.25, -0.2) is 8.42 Å². The highest BCUT2D eigenvalue weighted by Gasteiger charge is 2.32. The van der Waals surface area contributed by atoms with Crippen LogP contribution >= 0.6 is 0 Å². The predicted molar refractivity (Wildman–Crippen MR) is 118 cm³/mol. The van der Waals surface area contributed by atoms with Crippen molar-refractivity contribution in [2.24, 2.45) is 5.92 Å². The number of sulfonamides is 1. The summed E-state index contributed by atoms with van der Waals surface area (Å²) in [5, 5.41) is 3.06. The molecule has 1 saturated heterocycles. The van der Waals surface area contributed by atoms with Gasteiger partial charge in [0.05, 0.1) is 11.5 Å². The highest BCUT2D eigenvalue weighted by Crippen LogP contribution is 2.28. The van der Waals surface area contributed by atoms with Gasteiger partial charge in [-0.1, -0.05) is 17.7 Å². The molecule has 1 aliphatic heterocycles. The Bertz CT molecular complexity index is 985. The molecule has 1 amide bonds. The molecule has 0 atom stereocenters. The van der Waals surface area contributed by atoms with Gasteiger partial charge in [-0.2, -0.15) is 4.31 Å². The number of amides is 1.